The number of nitrogens with zero attached hydrogens (tertiary/aromatic N) is 3. The molecule has 0 aliphatic heterocycles. The Morgan fingerprint density at radius 2 is 2.40 bits per heavy atom. The van der Waals surface area contributed by atoms with Crippen molar-refractivity contribution in [3.63, 3.8) is 0 Å². The van der Waals surface area contributed by atoms with Crippen LogP contribution < -0.4 is 5.73 Å². The fourth-order valence-corrected chi connectivity index (χ4v) is 1.21. The van der Waals surface area contributed by atoms with E-state index in [1.54, 1.807) is 19.3 Å². The highest BCUT2D eigenvalue weighted by atomic mass is 16.5. The summed E-state index contributed by atoms with van der Waals surface area (Å²) in [6.45, 7) is 1.81. The van der Waals surface area contributed by atoms with Crippen LogP contribution in [0.2, 0.25) is 0 Å². The Bertz CT molecular complexity index is 424. The molecule has 0 aliphatic carbocycles. The Morgan fingerprint density at radius 1 is 1.53 bits per heavy atom. The van der Waals surface area contributed by atoms with Gasteiger partial charge in [-0.05, 0) is 18.6 Å². The monoisotopic (exact) mass is 204 g/mol. The molecule has 0 saturated heterocycles. The van der Waals surface area contributed by atoms with E-state index >= 15 is 0 Å². The van der Waals surface area contributed by atoms with Gasteiger partial charge in [0.25, 0.3) is 0 Å². The molecule has 2 aromatic rings. The van der Waals surface area contributed by atoms with Crippen molar-refractivity contribution in [2.24, 2.45) is 5.73 Å². The second-order valence-corrected chi connectivity index (χ2v) is 3.38. The van der Waals surface area contributed by atoms with Crippen LogP contribution in [0.25, 0.3) is 0 Å². The van der Waals surface area contributed by atoms with Gasteiger partial charge in [-0.25, -0.2) is 0 Å². The molecule has 0 fully saturated rings. The van der Waals surface area contributed by atoms with Gasteiger partial charge >= 0.3 is 0 Å². The lowest BCUT2D eigenvalue weighted by atomic mass is 10.2. The minimum Gasteiger partial charge on any atom is -0.338 e. The molecule has 1 unspecified atom stereocenters. The quantitative estimate of drug-likeness (QED) is 0.809. The van der Waals surface area contributed by atoms with Crippen molar-refractivity contribution < 1.29 is 4.52 Å². The Morgan fingerprint density at radius 3 is 3.00 bits per heavy atom. The first-order valence-electron chi connectivity index (χ1n) is 4.72. The minimum atomic E-state index is -0.222. The van der Waals surface area contributed by atoms with Crippen LogP contribution in [0.3, 0.4) is 0 Å². The van der Waals surface area contributed by atoms with E-state index in [9.17, 15) is 0 Å². The molecule has 1 atom stereocenters. The molecule has 15 heavy (non-hydrogen) atoms. The summed E-state index contributed by atoms with van der Waals surface area (Å²) in [5.74, 6) is 1.10. The maximum atomic E-state index is 5.61. The highest BCUT2D eigenvalue weighted by Gasteiger charge is 2.10. The molecule has 0 radical (unpaired) electrons. The van der Waals surface area contributed by atoms with E-state index in [0.717, 1.165) is 5.56 Å². The zero-order valence-electron chi connectivity index (χ0n) is 8.42. The van der Waals surface area contributed by atoms with Crippen LogP contribution in [0.15, 0.2) is 29.0 Å². The molecule has 2 heterocycles. The molecule has 78 valence electrons. The molecule has 0 amide bonds. The van der Waals surface area contributed by atoms with Gasteiger partial charge in [-0.2, -0.15) is 4.98 Å². The normalized spacial score (nSPS) is 12.7. The fraction of sp³-hybridized carbons (Fsp3) is 0.300. The van der Waals surface area contributed by atoms with Gasteiger partial charge in [0.05, 0.1) is 6.04 Å². The molecule has 2 N–H and O–H groups in total. The first-order valence-corrected chi connectivity index (χ1v) is 4.72. The van der Waals surface area contributed by atoms with Gasteiger partial charge in [0.2, 0.25) is 5.89 Å². The molecular weight excluding hydrogens is 192 g/mol. The van der Waals surface area contributed by atoms with Gasteiger partial charge in [0.1, 0.15) is 0 Å². The van der Waals surface area contributed by atoms with Crippen molar-refractivity contribution in [1.82, 2.24) is 15.1 Å². The van der Waals surface area contributed by atoms with Crippen molar-refractivity contribution >= 4 is 0 Å². The van der Waals surface area contributed by atoms with Crippen molar-refractivity contribution in [3.05, 3.63) is 41.8 Å². The first kappa shape index (κ1) is 9.79. The average Bonchev–Trinajstić information content (AvgIpc) is 2.68. The molecule has 0 bridgehead atoms. The fourth-order valence-electron chi connectivity index (χ4n) is 1.21. The van der Waals surface area contributed by atoms with E-state index in [4.69, 9.17) is 10.3 Å². The molecule has 2 rings (SSSR count). The maximum Gasteiger partial charge on any atom is 0.243 e. The molecular formula is C10H12N4O. The van der Waals surface area contributed by atoms with Crippen LogP contribution in [0, 0.1) is 0 Å². The molecule has 2 aromatic heterocycles. The average molecular weight is 204 g/mol. The van der Waals surface area contributed by atoms with Crippen LogP contribution >= 0.6 is 0 Å². The zero-order valence-corrected chi connectivity index (χ0v) is 8.42. The van der Waals surface area contributed by atoms with E-state index in [-0.39, 0.29) is 6.04 Å². The van der Waals surface area contributed by atoms with E-state index in [0.29, 0.717) is 18.1 Å². The number of aromatic nitrogens is 3. The molecule has 0 spiro atoms. The summed E-state index contributed by atoms with van der Waals surface area (Å²) in [6, 6.07) is 3.62. The predicted octanol–water partition coefficient (Wildman–Crippen LogP) is 1.08. The number of hydrogen-bond donors (Lipinski definition) is 1. The lowest BCUT2D eigenvalue weighted by molar-refractivity contribution is 0.358. The minimum absolute atomic E-state index is 0.222. The standard InChI is InChI=1S/C10H12N4O/c1-7(11)10-13-9(14-15-10)5-8-3-2-4-12-6-8/h2-4,6-7H,5,11H2,1H3. The van der Waals surface area contributed by atoms with Crippen LogP contribution in [-0.2, 0) is 6.42 Å². The van der Waals surface area contributed by atoms with E-state index in [1.807, 2.05) is 12.1 Å². The summed E-state index contributed by atoms with van der Waals surface area (Å²) in [4.78, 5) is 8.19. The smallest absolute Gasteiger partial charge is 0.243 e. The molecule has 5 nitrogen and oxygen atoms in total. The van der Waals surface area contributed by atoms with Gasteiger partial charge < -0.3 is 10.3 Å². The number of hydrogen-bond acceptors (Lipinski definition) is 5. The van der Waals surface area contributed by atoms with Crippen molar-refractivity contribution in [2.45, 2.75) is 19.4 Å². The third-order valence-electron chi connectivity index (χ3n) is 1.96. The Kier molecular flexibility index (Phi) is 2.73. The summed E-state index contributed by atoms with van der Waals surface area (Å²) >= 11 is 0. The molecule has 0 aromatic carbocycles. The van der Waals surface area contributed by atoms with E-state index < -0.39 is 0 Å². The van der Waals surface area contributed by atoms with Gasteiger partial charge in [-0.1, -0.05) is 11.2 Å². The summed E-state index contributed by atoms with van der Waals surface area (Å²) in [6.07, 6.45) is 4.12. The zero-order chi connectivity index (χ0) is 10.7. The highest BCUT2D eigenvalue weighted by Crippen LogP contribution is 2.09. The largest absolute Gasteiger partial charge is 0.338 e. The lowest BCUT2D eigenvalue weighted by Gasteiger charge is -1.94. The van der Waals surface area contributed by atoms with Crippen molar-refractivity contribution in [3.8, 4) is 0 Å². The molecule has 0 aliphatic rings. The second-order valence-electron chi connectivity index (χ2n) is 3.38. The van der Waals surface area contributed by atoms with Crippen molar-refractivity contribution in [2.75, 3.05) is 0 Å². The van der Waals surface area contributed by atoms with Gasteiger partial charge in [-0.15, -0.1) is 0 Å². The summed E-state index contributed by atoms with van der Waals surface area (Å²) in [5, 5.41) is 3.84. The Labute approximate surface area is 87.3 Å². The highest BCUT2D eigenvalue weighted by molar-refractivity contribution is 5.13. The summed E-state index contributed by atoms with van der Waals surface area (Å²) in [7, 11) is 0. The summed E-state index contributed by atoms with van der Waals surface area (Å²) in [5.41, 5.74) is 6.66. The van der Waals surface area contributed by atoms with Gasteiger partial charge in [0.15, 0.2) is 5.82 Å². The Balaban J connectivity index is 2.12. The predicted molar refractivity (Wildman–Crippen MR) is 53.9 cm³/mol. The third kappa shape index (κ3) is 2.38. The number of nitrogens with two attached hydrogens (primary N) is 1. The lowest BCUT2D eigenvalue weighted by Crippen LogP contribution is -2.05. The van der Waals surface area contributed by atoms with Crippen LogP contribution in [0.5, 0.6) is 0 Å². The SMILES string of the molecule is CC(N)c1nc(Cc2cccnc2)no1. The number of pyridine rings is 1. The van der Waals surface area contributed by atoms with E-state index in [2.05, 4.69) is 15.1 Å². The first-order chi connectivity index (χ1) is 7.25. The van der Waals surface area contributed by atoms with Gasteiger partial charge in [0, 0.05) is 18.8 Å². The maximum absolute atomic E-state index is 5.61. The summed E-state index contributed by atoms with van der Waals surface area (Å²) < 4.78 is 4.99. The van der Waals surface area contributed by atoms with Gasteiger partial charge in [-0.3, -0.25) is 4.98 Å². The molecule has 0 saturated carbocycles. The molecule has 5 heteroatoms. The third-order valence-corrected chi connectivity index (χ3v) is 1.96. The second kappa shape index (κ2) is 4.18. The van der Waals surface area contributed by atoms with Crippen LogP contribution in [-0.4, -0.2) is 15.1 Å². The Hall–Kier alpha value is -1.75. The topological polar surface area (TPSA) is 77.8 Å². The van der Waals surface area contributed by atoms with Crippen LogP contribution in [0.1, 0.15) is 30.2 Å². The number of rotatable bonds is 3. The van der Waals surface area contributed by atoms with Crippen molar-refractivity contribution in [1.29, 1.82) is 0 Å². The van der Waals surface area contributed by atoms with Crippen LogP contribution in [0.4, 0.5) is 0 Å². The van der Waals surface area contributed by atoms with E-state index in [1.165, 1.54) is 0 Å².